The van der Waals surface area contributed by atoms with Gasteiger partial charge in [0, 0.05) is 25.5 Å². The van der Waals surface area contributed by atoms with E-state index in [4.69, 9.17) is 5.11 Å². The number of nitrogens with zero attached hydrogens (tertiary/aromatic N) is 1. The lowest BCUT2D eigenvalue weighted by molar-refractivity contribution is 0.117. The highest BCUT2D eigenvalue weighted by Crippen LogP contribution is 2.06. The van der Waals surface area contributed by atoms with Gasteiger partial charge in [-0.2, -0.15) is 0 Å². The molecule has 2 rings (SSSR count). The first-order chi connectivity index (χ1) is 11.1. The van der Waals surface area contributed by atoms with Gasteiger partial charge in [-0.05, 0) is 23.6 Å². The van der Waals surface area contributed by atoms with Crippen molar-refractivity contribution in [1.29, 1.82) is 0 Å². The van der Waals surface area contributed by atoms with E-state index < -0.39 is 18.2 Å². The molecular weight excluding hydrogens is 294 g/mol. The van der Waals surface area contributed by atoms with E-state index in [1.165, 1.54) is 0 Å². The maximum atomic E-state index is 10.9. The van der Waals surface area contributed by atoms with Crippen LogP contribution in [0.5, 0.6) is 0 Å². The molecule has 122 valence electrons. The Morgan fingerprint density at radius 2 is 1.87 bits per heavy atom. The smallest absolute Gasteiger partial charge is 0.404 e. The van der Waals surface area contributed by atoms with Crippen LogP contribution < -0.4 is 10.6 Å². The Balaban J connectivity index is 1.88. The molecule has 0 spiro atoms. The maximum absolute atomic E-state index is 10.9. The molecule has 2 atom stereocenters. The fourth-order valence-electron chi connectivity index (χ4n) is 2.32. The molecule has 0 bridgehead atoms. The number of carboxylic acid groups (broad SMARTS) is 1. The van der Waals surface area contributed by atoms with Crippen molar-refractivity contribution >= 4 is 6.09 Å². The Hall–Kier alpha value is -2.44. The summed E-state index contributed by atoms with van der Waals surface area (Å²) in [7, 11) is 0. The highest BCUT2D eigenvalue weighted by molar-refractivity contribution is 5.65. The molecule has 0 fully saturated rings. The molecule has 0 aliphatic carbocycles. The molecule has 6 heteroatoms. The van der Waals surface area contributed by atoms with Crippen LogP contribution in [-0.4, -0.2) is 40.0 Å². The third-order valence-electron chi connectivity index (χ3n) is 3.48. The normalized spacial score (nSPS) is 13.3. The number of amides is 1. The summed E-state index contributed by atoms with van der Waals surface area (Å²) in [5.41, 5.74) is 1.98. The fraction of sp³-hybridized carbons (Fsp3) is 0.294. The molecule has 0 radical (unpaired) electrons. The lowest BCUT2D eigenvalue weighted by atomic mass is 10.0. The molecule has 0 aliphatic rings. The minimum atomic E-state index is -1.14. The van der Waals surface area contributed by atoms with Gasteiger partial charge in [-0.1, -0.05) is 36.4 Å². The average Bonchev–Trinajstić information content (AvgIpc) is 2.56. The first-order valence-corrected chi connectivity index (χ1v) is 7.46. The molecule has 1 heterocycles. The summed E-state index contributed by atoms with van der Waals surface area (Å²) in [6, 6.07) is 12.7. The van der Waals surface area contributed by atoms with Gasteiger partial charge in [-0.25, -0.2) is 4.79 Å². The van der Waals surface area contributed by atoms with Gasteiger partial charge >= 0.3 is 6.09 Å². The molecule has 0 saturated carbocycles. The van der Waals surface area contributed by atoms with Crippen LogP contribution in [0.15, 0.2) is 54.9 Å². The third-order valence-corrected chi connectivity index (χ3v) is 3.48. The van der Waals surface area contributed by atoms with Crippen molar-refractivity contribution in [3.05, 3.63) is 66.0 Å². The number of aliphatic hydroxyl groups is 1. The van der Waals surface area contributed by atoms with Crippen molar-refractivity contribution in [1.82, 2.24) is 15.6 Å². The predicted octanol–water partition coefficient (Wildman–Crippen LogP) is 1.41. The zero-order chi connectivity index (χ0) is 16.5. The fourth-order valence-corrected chi connectivity index (χ4v) is 2.32. The average molecular weight is 315 g/mol. The van der Waals surface area contributed by atoms with Crippen LogP contribution in [-0.2, 0) is 13.0 Å². The van der Waals surface area contributed by atoms with E-state index in [2.05, 4.69) is 15.6 Å². The SMILES string of the molecule is O=C(O)N[C@@H](Cc1ccccc1)[C@@H](O)CNCc1cccnc1. The van der Waals surface area contributed by atoms with Crippen molar-refractivity contribution in [3.63, 3.8) is 0 Å². The van der Waals surface area contributed by atoms with Gasteiger partial charge in [0.05, 0.1) is 12.1 Å². The number of nitrogens with one attached hydrogen (secondary N) is 2. The number of hydrogen-bond acceptors (Lipinski definition) is 4. The van der Waals surface area contributed by atoms with Crippen molar-refractivity contribution in [2.24, 2.45) is 0 Å². The third kappa shape index (κ3) is 6.06. The van der Waals surface area contributed by atoms with Crippen molar-refractivity contribution in [2.75, 3.05) is 6.54 Å². The van der Waals surface area contributed by atoms with E-state index in [-0.39, 0.29) is 6.54 Å². The van der Waals surface area contributed by atoms with Crippen LogP contribution in [0.25, 0.3) is 0 Å². The van der Waals surface area contributed by atoms with E-state index in [1.807, 2.05) is 42.5 Å². The second-order valence-corrected chi connectivity index (χ2v) is 5.31. The van der Waals surface area contributed by atoms with Crippen LogP contribution in [0.3, 0.4) is 0 Å². The van der Waals surface area contributed by atoms with E-state index in [0.29, 0.717) is 13.0 Å². The largest absolute Gasteiger partial charge is 0.465 e. The molecule has 6 nitrogen and oxygen atoms in total. The monoisotopic (exact) mass is 315 g/mol. The van der Waals surface area contributed by atoms with Crippen molar-refractivity contribution < 1.29 is 15.0 Å². The van der Waals surface area contributed by atoms with Crippen LogP contribution in [0.2, 0.25) is 0 Å². The summed E-state index contributed by atoms with van der Waals surface area (Å²) in [6.45, 7) is 0.850. The van der Waals surface area contributed by atoms with E-state index in [0.717, 1.165) is 11.1 Å². The summed E-state index contributed by atoms with van der Waals surface area (Å²) < 4.78 is 0. The number of hydrogen-bond donors (Lipinski definition) is 4. The van der Waals surface area contributed by atoms with E-state index in [1.54, 1.807) is 12.4 Å². The van der Waals surface area contributed by atoms with Gasteiger partial charge in [0.25, 0.3) is 0 Å². The second kappa shape index (κ2) is 8.87. The van der Waals surface area contributed by atoms with Crippen LogP contribution in [0.1, 0.15) is 11.1 Å². The zero-order valence-electron chi connectivity index (χ0n) is 12.7. The first kappa shape index (κ1) is 16.9. The first-order valence-electron chi connectivity index (χ1n) is 7.46. The zero-order valence-corrected chi connectivity index (χ0v) is 12.7. The number of benzene rings is 1. The molecular formula is C17H21N3O3. The van der Waals surface area contributed by atoms with Crippen molar-refractivity contribution in [3.8, 4) is 0 Å². The Kier molecular flexibility index (Phi) is 6.53. The van der Waals surface area contributed by atoms with Gasteiger partial charge in [-0.3, -0.25) is 4.98 Å². The summed E-state index contributed by atoms with van der Waals surface area (Å²) in [5, 5.41) is 24.8. The van der Waals surface area contributed by atoms with Gasteiger partial charge in [-0.15, -0.1) is 0 Å². The van der Waals surface area contributed by atoms with Crippen LogP contribution in [0.4, 0.5) is 4.79 Å². The minimum absolute atomic E-state index is 0.284. The van der Waals surface area contributed by atoms with Crippen LogP contribution in [0, 0.1) is 0 Å². The van der Waals surface area contributed by atoms with Gasteiger partial charge in [0.2, 0.25) is 0 Å². The quantitative estimate of drug-likeness (QED) is 0.591. The second-order valence-electron chi connectivity index (χ2n) is 5.31. The molecule has 2 aromatic rings. The number of aliphatic hydroxyl groups excluding tert-OH is 1. The summed E-state index contributed by atoms with van der Waals surface area (Å²) >= 11 is 0. The number of pyridine rings is 1. The topological polar surface area (TPSA) is 94.5 Å². The molecule has 1 aromatic carbocycles. The van der Waals surface area contributed by atoms with E-state index in [9.17, 15) is 9.90 Å². The Labute approximate surface area is 135 Å². The van der Waals surface area contributed by atoms with Gasteiger partial charge < -0.3 is 20.8 Å². The molecule has 0 unspecified atom stereocenters. The highest BCUT2D eigenvalue weighted by atomic mass is 16.4. The molecule has 4 N–H and O–H groups in total. The number of rotatable bonds is 8. The molecule has 0 saturated heterocycles. The predicted molar refractivity (Wildman–Crippen MR) is 87.0 cm³/mol. The molecule has 23 heavy (non-hydrogen) atoms. The maximum Gasteiger partial charge on any atom is 0.404 e. The Bertz CT molecular complexity index is 593. The molecule has 1 amide bonds. The molecule has 1 aromatic heterocycles. The summed E-state index contributed by atoms with van der Waals surface area (Å²) in [6.07, 6.45) is 1.91. The lowest BCUT2D eigenvalue weighted by Gasteiger charge is -2.23. The van der Waals surface area contributed by atoms with Gasteiger partial charge in [0.1, 0.15) is 0 Å². The van der Waals surface area contributed by atoms with Crippen molar-refractivity contribution in [2.45, 2.75) is 25.1 Å². The Morgan fingerprint density at radius 1 is 1.13 bits per heavy atom. The summed E-state index contributed by atoms with van der Waals surface area (Å²) in [5.74, 6) is 0. The minimum Gasteiger partial charge on any atom is -0.465 e. The Morgan fingerprint density at radius 3 is 2.52 bits per heavy atom. The van der Waals surface area contributed by atoms with E-state index >= 15 is 0 Å². The highest BCUT2D eigenvalue weighted by Gasteiger charge is 2.21. The standard InChI is InChI=1S/C17H21N3O3/c21-16(12-19-11-14-7-4-8-18-10-14)15(20-17(22)23)9-13-5-2-1-3-6-13/h1-8,10,15-16,19-21H,9,11-12H2,(H,22,23)/t15-,16-/m0/s1. The number of aromatic nitrogens is 1. The lowest BCUT2D eigenvalue weighted by Crippen LogP contribution is -2.48. The van der Waals surface area contributed by atoms with Crippen LogP contribution >= 0.6 is 0 Å². The van der Waals surface area contributed by atoms with Gasteiger partial charge in [0.15, 0.2) is 0 Å². The number of carbonyl (C=O) groups is 1. The molecule has 0 aliphatic heterocycles. The summed E-state index contributed by atoms with van der Waals surface area (Å²) in [4.78, 5) is 15.0.